The third kappa shape index (κ3) is 2.11. The van der Waals surface area contributed by atoms with Gasteiger partial charge in [0.15, 0.2) is 0 Å². The van der Waals surface area contributed by atoms with Gasteiger partial charge in [-0.2, -0.15) is 0 Å². The highest BCUT2D eigenvalue weighted by molar-refractivity contribution is 5.65. The smallest absolute Gasteiger partial charge is 0.407 e. The second-order valence-electron chi connectivity index (χ2n) is 3.37. The number of likely N-dealkylation sites (tertiary alicyclic amines) is 1. The largest absolute Gasteiger partial charge is 0.465 e. The molecule has 0 spiro atoms. The van der Waals surface area contributed by atoms with Gasteiger partial charge in [0.2, 0.25) is 0 Å². The van der Waals surface area contributed by atoms with Gasteiger partial charge in [-0.05, 0) is 19.8 Å². The Morgan fingerprint density at radius 2 is 2.33 bits per heavy atom. The van der Waals surface area contributed by atoms with Crippen LogP contribution >= 0.6 is 0 Å². The summed E-state index contributed by atoms with van der Waals surface area (Å²) in [6.45, 7) is 2.81. The number of rotatable bonds is 1. The SMILES string of the molecule is CC(O)[C@@H]1CCCN(C(=O)O)C1. The van der Waals surface area contributed by atoms with Crippen LogP contribution in [0.5, 0.6) is 0 Å². The maximum absolute atomic E-state index is 10.6. The van der Waals surface area contributed by atoms with E-state index in [9.17, 15) is 9.90 Å². The van der Waals surface area contributed by atoms with Gasteiger partial charge in [0, 0.05) is 19.0 Å². The topological polar surface area (TPSA) is 60.8 Å². The summed E-state index contributed by atoms with van der Waals surface area (Å²) in [5.41, 5.74) is 0. The highest BCUT2D eigenvalue weighted by Gasteiger charge is 2.25. The number of amides is 1. The molecule has 1 saturated heterocycles. The van der Waals surface area contributed by atoms with Crippen molar-refractivity contribution in [3.05, 3.63) is 0 Å². The molecule has 4 nitrogen and oxygen atoms in total. The Morgan fingerprint density at radius 1 is 1.67 bits per heavy atom. The first-order valence-corrected chi connectivity index (χ1v) is 4.27. The first kappa shape index (κ1) is 9.32. The van der Waals surface area contributed by atoms with Crippen molar-refractivity contribution >= 4 is 6.09 Å². The molecule has 4 heteroatoms. The Balaban J connectivity index is 2.46. The Hall–Kier alpha value is -0.770. The molecule has 12 heavy (non-hydrogen) atoms. The quantitative estimate of drug-likeness (QED) is 0.615. The molecule has 0 aliphatic carbocycles. The van der Waals surface area contributed by atoms with Crippen LogP contribution in [0.25, 0.3) is 0 Å². The molecule has 0 radical (unpaired) electrons. The summed E-state index contributed by atoms with van der Waals surface area (Å²) < 4.78 is 0. The van der Waals surface area contributed by atoms with Gasteiger partial charge in [0.25, 0.3) is 0 Å². The molecule has 0 aromatic heterocycles. The van der Waals surface area contributed by atoms with Crippen molar-refractivity contribution in [3.8, 4) is 0 Å². The van der Waals surface area contributed by atoms with E-state index in [2.05, 4.69) is 0 Å². The average molecular weight is 173 g/mol. The molecular weight excluding hydrogens is 158 g/mol. The van der Waals surface area contributed by atoms with Crippen LogP contribution in [0, 0.1) is 5.92 Å². The second-order valence-corrected chi connectivity index (χ2v) is 3.37. The van der Waals surface area contributed by atoms with Crippen LogP contribution < -0.4 is 0 Å². The van der Waals surface area contributed by atoms with Crippen LogP contribution in [0.4, 0.5) is 4.79 Å². The summed E-state index contributed by atoms with van der Waals surface area (Å²) >= 11 is 0. The highest BCUT2D eigenvalue weighted by atomic mass is 16.4. The fourth-order valence-electron chi connectivity index (χ4n) is 1.58. The molecule has 2 atom stereocenters. The monoisotopic (exact) mass is 173 g/mol. The molecule has 1 rings (SSSR count). The zero-order valence-corrected chi connectivity index (χ0v) is 7.23. The van der Waals surface area contributed by atoms with E-state index in [4.69, 9.17) is 5.11 Å². The zero-order valence-electron chi connectivity index (χ0n) is 7.23. The standard InChI is InChI=1S/C8H15NO3/c1-6(10)7-3-2-4-9(5-7)8(11)12/h6-7,10H,2-5H2,1H3,(H,11,12)/t6?,7-/m1/s1. The summed E-state index contributed by atoms with van der Waals surface area (Å²) in [4.78, 5) is 11.9. The van der Waals surface area contributed by atoms with E-state index in [0.717, 1.165) is 12.8 Å². The number of piperidine rings is 1. The minimum absolute atomic E-state index is 0.120. The van der Waals surface area contributed by atoms with E-state index in [1.165, 1.54) is 4.90 Å². The molecule has 0 aromatic carbocycles. The molecule has 1 unspecified atom stereocenters. The number of hydrogen-bond donors (Lipinski definition) is 2. The lowest BCUT2D eigenvalue weighted by Crippen LogP contribution is -2.42. The molecule has 0 saturated carbocycles. The maximum atomic E-state index is 10.6. The van der Waals surface area contributed by atoms with Gasteiger partial charge in [0.1, 0.15) is 0 Å². The van der Waals surface area contributed by atoms with Crippen LogP contribution in [0.3, 0.4) is 0 Å². The molecule has 1 heterocycles. The van der Waals surface area contributed by atoms with E-state index >= 15 is 0 Å². The number of carboxylic acid groups (broad SMARTS) is 1. The summed E-state index contributed by atoms with van der Waals surface area (Å²) in [7, 11) is 0. The molecular formula is C8H15NO3. The van der Waals surface area contributed by atoms with Gasteiger partial charge >= 0.3 is 6.09 Å². The normalized spacial score (nSPS) is 26.8. The molecule has 70 valence electrons. The minimum Gasteiger partial charge on any atom is -0.465 e. The molecule has 2 N–H and O–H groups in total. The Morgan fingerprint density at radius 3 is 2.83 bits per heavy atom. The third-order valence-electron chi connectivity index (χ3n) is 2.41. The van der Waals surface area contributed by atoms with Crippen LogP contribution in [0.15, 0.2) is 0 Å². The van der Waals surface area contributed by atoms with Gasteiger partial charge in [-0.25, -0.2) is 4.79 Å². The predicted octanol–water partition coefficient (Wildman–Crippen LogP) is 0.757. The number of aliphatic hydroxyl groups is 1. The van der Waals surface area contributed by atoms with Crippen LogP contribution in [-0.4, -0.2) is 40.4 Å². The molecule has 0 bridgehead atoms. The lowest BCUT2D eigenvalue weighted by molar-refractivity contribution is 0.0611. The van der Waals surface area contributed by atoms with Crippen molar-refractivity contribution in [2.45, 2.75) is 25.9 Å². The van der Waals surface area contributed by atoms with Crippen molar-refractivity contribution < 1.29 is 15.0 Å². The number of carbonyl (C=O) groups is 1. The van der Waals surface area contributed by atoms with Crippen LogP contribution in [-0.2, 0) is 0 Å². The molecule has 1 amide bonds. The molecule has 1 aliphatic heterocycles. The summed E-state index contributed by atoms with van der Waals surface area (Å²) in [6.07, 6.45) is 0.524. The van der Waals surface area contributed by atoms with Gasteiger partial charge < -0.3 is 15.1 Å². The zero-order chi connectivity index (χ0) is 9.14. The molecule has 0 aromatic rings. The fraction of sp³-hybridized carbons (Fsp3) is 0.875. The third-order valence-corrected chi connectivity index (χ3v) is 2.41. The van der Waals surface area contributed by atoms with Crippen LogP contribution in [0.1, 0.15) is 19.8 Å². The lowest BCUT2D eigenvalue weighted by atomic mass is 9.94. The summed E-state index contributed by atoms with van der Waals surface area (Å²) in [5.74, 6) is 0.120. The van der Waals surface area contributed by atoms with Gasteiger partial charge in [-0.3, -0.25) is 0 Å². The predicted molar refractivity (Wildman–Crippen MR) is 44.0 cm³/mol. The first-order chi connectivity index (χ1) is 5.61. The minimum atomic E-state index is -0.875. The fourth-order valence-corrected chi connectivity index (χ4v) is 1.58. The number of hydrogen-bond acceptors (Lipinski definition) is 2. The number of aliphatic hydroxyl groups excluding tert-OH is 1. The molecule has 1 aliphatic rings. The Kier molecular flexibility index (Phi) is 2.92. The van der Waals surface area contributed by atoms with Crippen molar-refractivity contribution in [1.29, 1.82) is 0 Å². The second kappa shape index (κ2) is 3.76. The van der Waals surface area contributed by atoms with Gasteiger partial charge in [0.05, 0.1) is 6.10 Å². The van der Waals surface area contributed by atoms with Crippen molar-refractivity contribution in [2.24, 2.45) is 5.92 Å². The maximum Gasteiger partial charge on any atom is 0.407 e. The van der Waals surface area contributed by atoms with E-state index in [-0.39, 0.29) is 5.92 Å². The van der Waals surface area contributed by atoms with E-state index in [1.807, 2.05) is 0 Å². The average Bonchev–Trinajstić information content (AvgIpc) is 2.04. The summed E-state index contributed by atoms with van der Waals surface area (Å²) in [5, 5.41) is 17.9. The van der Waals surface area contributed by atoms with Gasteiger partial charge in [-0.1, -0.05) is 0 Å². The summed E-state index contributed by atoms with van der Waals surface area (Å²) in [6, 6.07) is 0. The Bertz CT molecular complexity index is 170. The van der Waals surface area contributed by atoms with Crippen LogP contribution in [0.2, 0.25) is 0 Å². The lowest BCUT2D eigenvalue weighted by Gasteiger charge is -2.32. The van der Waals surface area contributed by atoms with E-state index < -0.39 is 12.2 Å². The molecule has 1 fully saturated rings. The highest BCUT2D eigenvalue weighted by Crippen LogP contribution is 2.19. The van der Waals surface area contributed by atoms with Gasteiger partial charge in [-0.15, -0.1) is 0 Å². The van der Waals surface area contributed by atoms with E-state index in [1.54, 1.807) is 6.92 Å². The van der Waals surface area contributed by atoms with Crippen molar-refractivity contribution in [3.63, 3.8) is 0 Å². The Labute approximate surface area is 71.8 Å². The number of nitrogens with zero attached hydrogens (tertiary/aromatic N) is 1. The van der Waals surface area contributed by atoms with Crippen molar-refractivity contribution in [1.82, 2.24) is 4.90 Å². The van der Waals surface area contributed by atoms with Crippen molar-refractivity contribution in [2.75, 3.05) is 13.1 Å². The van der Waals surface area contributed by atoms with E-state index in [0.29, 0.717) is 13.1 Å². The first-order valence-electron chi connectivity index (χ1n) is 4.27.